The van der Waals surface area contributed by atoms with Gasteiger partial charge in [-0.3, -0.25) is 14.5 Å². The summed E-state index contributed by atoms with van der Waals surface area (Å²) in [5, 5.41) is 11.1. The van der Waals surface area contributed by atoms with Crippen LogP contribution in [0.5, 0.6) is 0 Å². The van der Waals surface area contributed by atoms with Crippen LogP contribution in [0, 0.1) is 5.92 Å². The van der Waals surface area contributed by atoms with Gasteiger partial charge in [-0.25, -0.2) is 4.79 Å². The number of hydrogen-bond donors (Lipinski definition) is 1. The third kappa shape index (κ3) is 1.97. The van der Waals surface area contributed by atoms with Crippen LogP contribution < -0.4 is 0 Å². The van der Waals surface area contributed by atoms with E-state index in [1.54, 1.807) is 26.0 Å². The zero-order valence-corrected chi connectivity index (χ0v) is 12.2. The summed E-state index contributed by atoms with van der Waals surface area (Å²) >= 11 is 0. The minimum Gasteiger partial charge on any atom is -0.480 e. The number of carboxylic acids is 1. The number of carbonyl (C=O) groups is 3. The van der Waals surface area contributed by atoms with Gasteiger partial charge < -0.3 is 5.11 Å². The normalized spacial score (nSPS) is 15.5. The van der Waals surface area contributed by atoms with Crippen molar-refractivity contribution in [2.45, 2.75) is 19.9 Å². The monoisotopic (exact) mass is 297 g/mol. The number of nitrogens with zero attached hydrogens (tertiary/aromatic N) is 1. The maximum absolute atomic E-state index is 12.5. The lowest BCUT2D eigenvalue weighted by atomic mass is 10.0. The molecule has 112 valence electrons. The topological polar surface area (TPSA) is 74.7 Å². The molecule has 0 radical (unpaired) electrons. The Kier molecular flexibility index (Phi) is 3.20. The molecule has 2 aromatic carbocycles. The van der Waals surface area contributed by atoms with Crippen molar-refractivity contribution < 1.29 is 19.5 Å². The van der Waals surface area contributed by atoms with Gasteiger partial charge in [-0.1, -0.05) is 38.1 Å². The second-order valence-electron chi connectivity index (χ2n) is 5.75. The SMILES string of the molecule is CC(C)C(C(=O)O)N1C(=O)c2cc3ccccc3cc2C1=O. The van der Waals surface area contributed by atoms with Gasteiger partial charge in [0.1, 0.15) is 6.04 Å². The summed E-state index contributed by atoms with van der Waals surface area (Å²) in [7, 11) is 0. The number of amides is 2. The number of carbonyl (C=O) groups excluding carboxylic acids is 2. The van der Waals surface area contributed by atoms with E-state index >= 15 is 0 Å². The molecule has 5 nitrogen and oxygen atoms in total. The lowest BCUT2D eigenvalue weighted by Crippen LogP contribution is -2.47. The van der Waals surface area contributed by atoms with Crippen molar-refractivity contribution in [1.29, 1.82) is 0 Å². The third-order valence-corrected chi connectivity index (χ3v) is 3.95. The van der Waals surface area contributed by atoms with Crippen molar-refractivity contribution in [3.05, 3.63) is 47.5 Å². The van der Waals surface area contributed by atoms with Crippen molar-refractivity contribution in [3.63, 3.8) is 0 Å². The van der Waals surface area contributed by atoms with Crippen LogP contribution in [0.25, 0.3) is 10.8 Å². The van der Waals surface area contributed by atoms with E-state index in [9.17, 15) is 19.5 Å². The van der Waals surface area contributed by atoms with E-state index in [-0.39, 0.29) is 17.0 Å². The number of benzene rings is 2. The van der Waals surface area contributed by atoms with Crippen LogP contribution in [-0.2, 0) is 4.79 Å². The lowest BCUT2D eigenvalue weighted by Gasteiger charge is -2.25. The zero-order chi connectivity index (χ0) is 16.0. The minimum absolute atomic E-state index is 0.274. The van der Waals surface area contributed by atoms with Crippen molar-refractivity contribution in [3.8, 4) is 0 Å². The van der Waals surface area contributed by atoms with Gasteiger partial charge in [-0.15, -0.1) is 0 Å². The quantitative estimate of drug-likeness (QED) is 0.883. The molecule has 2 amide bonds. The molecule has 22 heavy (non-hydrogen) atoms. The Morgan fingerprint density at radius 2 is 1.45 bits per heavy atom. The van der Waals surface area contributed by atoms with E-state index in [0.29, 0.717) is 0 Å². The van der Waals surface area contributed by atoms with Crippen LogP contribution in [0.3, 0.4) is 0 Å². The molecule has 1 unspecified atom stereocenters. The number of aliphatic carboxylic acids is 1. The van der Waals surface area contributed by atoms with Crippen LogP contribution >= 0.6 is 0 Å². The molecule has 1 aliphatic rings. The van der Waals surface area contributed by atoms with Crippen LogP contribution in [0.15, 0.2) is 36.4 Å². The standard InChI is InChI=1S/C17H15NO4/c1-9(2)14(17(21)22)18-15(19)12-7-10-5-3-4-6-11(10)8-13(12)16(18)20/h3-9,14H,1-2H3,(H,21,22). The second-order valence-corrected chi connectivity index (χ2v) is 5.75. The molecule has 5 heteroatoms. The van der Waals surface area contributed by atoms with Gasteiger partial charge >= 0.3 is 5.97 Å². The maximum atomic E-state index is 12.5. The largest absolute Gasteiger partial charge is 0.480 e. The lowest BCUT2D eigenvalue weighted by molar-refractivity contribution is -0.143. The number of carboxylic acid groups (broad SMARTS) is 1. The molecule has 0 spiro atoms. The summed E-state index contributed by atoms with van der Waals surface area (Å²) in [4.78, 5) is 37.4. The molecule has 2 aromatic rings. The maximum Gasteiger partial charge on any atom is 0.327 e. The Hall–Kier alpha value is -2.69. The summed E-state index contributed by atoms with van der Waals surface area (Å²) in [5.74, 6) is -2.61. The molecule has 1 atom stereocenters. The molecule has 0 aliphatic carbocycles. The molecule has 0 saturated heterocycles. The van der Waals surface area contributed by atoms with Gasteiger partial charge in [0.2, 0.25) is 0 Å². The molecular formula is C17H15NO4. The van der Waals surface area contributed by atoms with E-state index in [2.05, 4.69) is 0 Å². The molecule has 1 aliphatic heterocycles. The number of rotatable bonds is 3. The zero-order valence-electron chi connectivity index (χ0n) is 12.2. The summed E-state index contributed by atoms with van der Waals surface area (Å²) < 4.78 is 0. The Balaban J connectivity index is 2.15. The highest BCUT2D eigenvalue weighted by atomic mass is 16.4. The highest BCUT2D eigenvalue weighted by Gasteiger charge is 2.44. The predicted octanol–water partition coefficient (Wildman–Crippen LogP) is 2.55. The van der Waals surface area contributed by atoms with Crippen molar-refractivity contribution >= 4 is 28.6 Å². The molecule has 1 N–H and O–H groups in total. The molecule has 0 bridgehead atoms. The number of imide groups is 1. The molecule has 0 saturated carbocycles. The predicted molar refractivity (Wildman–Crippen MR) is 80.7 cm³/mol. The Morgan fingerprint density at radius 1 is 1.00 bits per heavy atom. The van der Waals surface area contributed by atoms with Crippen molar-refractivity contribution in [1.82, 2.24) is 4.90 Å². The average molecular weight is 297 g/mol. The van der Waals surface area contributed by atoms with Gasteiger partial charge in [0.05, 0.1) is 11.1 Å². The Bertz CT molecular complexity index is 755. The van der Waals surface area contributed by atoms with E-state index < -0.39 is 23.8 Å². The fraction of sp³-hybridized carbons (Fsp3) is 0.235. The molecule has 3 rings (SSSR count). The number of hydrogen-bond acceptors (Lipinski definition) is 3. The average Bonchev–Trinajstić information content (AvgIpc) is 2.70. The Labute approximate surface area is 127 Å². The minimum atomic E-state index is -1.17. The van der Waals surface area contributed by atoms with Crippen LogP contribution in [-0.4, -0.2) is 33.8 Å². The highest BCUT2D eigenvalue weighted by molar-refractivity contribution is 6.24. The van der Waals surface area contributed by atoms with Gasteiger partial charge in [-0.05, 0) is 28.8 Å². The smallest absolute Gasteiger partial charge is 0.327 e. The molecular weight excluding hydrogens is 282 g/mol. The highest BCUT2D eigenvalue weighted by Crippen LogP contribution is 2.30. The van der Waals surface area contributed by atoms with Crippen molar-refractivity contribution in [2.24, 2.45) is 5.92 Å². The van der Waals surface area contributed by atoms with E-state index in [0.717, 1.165) is 15.7 Å². The third-order valence-electron chi connectivity index (χ3n) is 3.95. The summed E-state index contributed by atoms with van der Waals surface area (Å²) in [6.45, 7) is 3.36. The summed E-state index contributed by atoms with van der Waals surface area (Å²) in [5.41, 5.74) is 0.547. The molecule has 1 heterocycles. The summed E-state index contributed by atoms with van der Waals surface area (Å²) in [6, 6.07) is 9.56. The first-order valence-corrected chi connectivity index (χ1v) is 7.05. The van der Waals surface area contributed by atoms with Crippen LogP contribution in [0.1, 0.15) is 34.6 Å². The van der Waals surface area contributed by atoms with E-state index in [1.165, 1.54) is 0 Å². The van der Waals surface area contributed by atoms with Crippen molar-refractivity contribution in [2.75, 3.05) is 0 Å². The Morgan fingerprint density at radius 3 is 1.82 bits per heavy atom. The number of fused-ring (bicyclic) bond motifs is 2. The first kappa shape index (κ1) is 14.3. The van der Waals surface area contributed by atoms with Gasteiger partial charge in [-0.2, -0.15) is 0 Å². The van der Waals surface area contributed by atoms with Crippen LogP contribution in [0.4, 0.5) is 0 Å². The molecule has 0 aromatic heterocycles. The van der Waals surface area contributed by atoms with Gasteiger partial charge in [0, 0.05) is 0 Å². The summed E-state index contributed by atoms with van der Waals surface area (Å²) in [6.07, 6.45) is 0. The van der Waals surface area contributed by atoms with Gasteiger partial charge in [0.25, 0.3) is 11.8 Å². The molecule has 0 fully saturated rings. The van der Waals surface area contributed by atoms with Crippen LogP contribution in [0.2, 0.25) is 0 Å². The van der Waals surface area contributed by atoms with E-state index in [1.807, 2.05) is 24.3 Å². The van der Waals surface area contributed by atoms with E-state index in [4.69, 9.17) is 0 Å². The fourth-order valence-electron chi connectivity index (χ4n) is 2.89. The second kappa shape index (κ2) is 4.94. The first-order chi connectivity index (χ1) is 10.4. The first-order valence-electron chi connectivity index (χ1n) is 7.05. The fourth-order valence-corrected chi connectivity index (χ4v) is 2.89. The van der Waals surface area contributed by atoms with Gasteiger partial charge in [0.15, 0.2) is 0 Å².